The molecule has 0 saturated carbocycles. The van der Waals surface area contributed by atoms with E-state index in [9.17, 15) is 14.7 Å². The van der Waals surface area contributed by atoms with Crippen molar-refractivity contribution in [2.24, 2.45) is 5.92 Å². The van der Waals surface area contributed by atoms with E-state index in [0.717, 1.165) is 10.0 Å². The molecule has 1 aliphatic heterocycles. The fourth-order valence-corrected chi connectivity index (χ4v) is 3.41. The molecule has 1 amide bonds. The molecule has 0 spiro atoms. The van der Waals surface area contributed by atoms with E-state index >= 15 is 0 Å². The number of Topliss-reactive ketones (excluding diaryl/α,β-unsaturated/α-hetero) is 1. The number of phenolic OH excluding ortho intramolecular Hbond substituents is 1. The van der Waals surface area contributed by atoms with Crippen LogP contribution in [-0.4, -0.2) is 34.8 Å². The molecule has 0 atom stereocenters. The van der Waals surface area contributed by atoms with Crippen LogP contribution in [0.2, 0.25) is 0 Å². The van der Waals surface area contributed by atoms with Gasteiger partial charge in [-0.2, -0.15) is 0 Å². The molecule has 0 radical (unpaired) electrons. The van der Waals surface area contributed by atoms with Crippen molar-refractivity contribution >= 4 is 27.6 Å². The fraction of sp³-hybridized carbons (Fsp3) is 0.300. The summed E-state index contributed by atoms with van der Waals surface area (Å²) in [5.41, 5.74) is 1.62. The third-order valence-electron chi connectivity index (χ3n) is 4.64. The van der Waals surface area contributed by atoms with Crippen LogP contribution in [0.1, 0.15) is 28.8 Å². The Morgan fingerprint density at radius 3 is 2.20 bits per heavy atom. The van der Waals surface area contributed by atoms with Gasteiger partial charge in [0.15, 0.2) is 5.78 Å². The lowest BCUT2D eigenvalue weighted by Gasteiger charge is -2.31. The number of hydrogen-bond donors (Lipinski definition) is 1. The Morgan fingerprint density at radius 1 is 1.00 bits per heavy atom. The number of rotatable bonds is 4. The van der Waals surface area contributed by atoms with Crippen LogP contribution in [0.3, 0.4) is 0 Å². The largest absolute Gasteiger partial charge is 0.508 e. The second-order valence-corrected chi connectivity index (χ2v) is 7.29. The van der Waals surface area contributed by atoms with Crippen LogP contribution in [0.5, 0.6) is 5.75 Å². The first kappa shape index (κ1) is 17.7. The Bertz CT molecular complexity index is 748. The molecule has 1 N–H and O–H groups in total. The van der Waals surface area contributed by atoms with Crippen LogP contribution in [0, 0.1) is 5.92 Å². The van der Waals surface area contributed by atoms with Gasteiger partial charge in [-0.3, -0.25) is 9.59 Å². The maximum atomic E-state index is 12.5. The Hall–Kier alpha value is -2.14. The summed E-state index contributed by atoms with van der Waals surface area (Å²) in [5, 5.41) is 9.32. The van der Waals surface area contributed by atoms with Crippen molar-refractivity contribution in [3.63, 3.8) is 0 Å². The van der Waals surface area contributed by atoms with Crippen LogP contribution < -0.4 is 0 Å². The number of carbonyl (C=O) groups excluding carboxylic acids is 2. The average molecular weight is 402 g/mol. The number of piperidine rings is 1. The van der Waals surface area contributed by atoms with E-state index in [-0.39, 0.29) is 23.4 Å². The summed E-state index contributed by atoms with van der Waals surface area (Å²) in [4.78, 5) is 26.8. The quantitative estimate of drug-likeness (QED) is 0.792. The number of likely N-dealkylation sites (tertiary alicyclic amines) is 1. The third-order valence-corrected chi connectivity index (χ3v) is 5.17. The Kier molecular flexibility index (Phi) is 5.53. The Labute approximate surface area is 155 Å². The van der Waals surface area contributed by atoms with Gasteiger partial charge in [0.2, 0.25) is 5.91 Å². The number of aromatic hydroxyl groups is 1. The van der Waals surface area contributed by atoms with E-state index in [1.165, 1.54) is 12.1 Å². The van der Waals surface area contributed by atoms with Gasteiger partial charge >= 0.3 is 0 Å². The van der Waals surface area contributed by atoms with E-state index in [1.807, 2.05) is 29.2 Å². The molecule has 1 saturated heterocycles. The molecule has 0 aliphatic carbocycles. The van der Waals surface area contributed by atoms with Crippen molar-refractivity contribution < 1.29 is 14.7 Å². The van der Waals surface area contributed by atoms with Crippen molar-refractivity contribution in [2.75, 3.05) is 13.1 Å². The monoisotopic (exact) mass is 401 g/mol. The van der Waals surface area contributed by atoms with Crippen LogP contribution in [0.25, 0.3) is 0 Å². The van der Waals surface area contributed by atoms with Gasteiger partial charge in [-0.05, 0) is 54.8 Å². The summed E-state index contributed by atoms with van der Waals surface area (Å²) in [6.45, 7) is 1.23. The molecule has 0 aromatic heterocycles. The van der Waals surface area contributed by atoms with Crippen LogP contribution in [0.4, 0.5) is 0 Å². The van der Waals surface area contributed by atoms with Gasteiger partial charge in [-0.25, -0.2) is 0 Å². The minimum atomic E-state index is -0.0544. The second-order valence-electron chi connectivity index (χ2n) is 6.37. The summed E-state index contributed by atoms with van der Waals surface area (Å²) >= 11 is 3.39. The molecule has 1 aliphatic rings. The van der Waals surface area contributed by atoms with E-state index in [0.29, 0.717) is 37.9 Å². The average Bonchev–Trinajstić information content (AvgIpc) is 2.64. The van der Waals surface area contributed by atoms with Crippen molar-refractivity contribution in [1.82, 2.24) is 4.90 Å². The molecular weight excluding hydrogens is 382 g/mol. The number of amides is 1. The third kappa shape index (κ3) is 4.48. The first-order valence-corrected chi connectivity index (χ1v) is 9.17. The highest BCUT2D eigenvalue weighted by atomic mass is 79.9. The zero-order chi connectivity index (χ0) is 17.8. The van der Waals surface area contributed by atoms with Gasteiger partial charge in [-0.1, -0.05) is 28.1 Å². The highest BCUT2D eigenvalue weighted by Gasteiger charge is 2.27. The lowest BCUT2D eigenvalue weighted by atomic mass is 9.88. The fourth-order valence-electron chi connectivity index (χ4n) is 3.14. The van der Waals surface area contributed by atoms with Crippen molar-refractivity contribution in [1.29, 1.82) is 0 Å². The molecule has 0 unspecified atom stereocenters. The molecule has 0 bridgehead atoms. The predicted molar refractivity (Wildman–Crippen MR) is 99.6 cm³/mol. The van der Waals surface area contributed by atoms with E-state index in [1.54, 1.807) is 12.1 Å². The Balaban J connectivity index is 1.54. The summed E-state index contributed by atoms with van der Waals surface area (Å²) in [5.74, 6) is 0.309. The van der Waals surface area contributed by atoms with E-state index in [4.69, 9.17) is 0 Å². The summed E-state index contributed by atoms with van der Waals surface area (Å²) in [6, 6.07) is 14.1. The maximum absolute atomic E-state index is 12.5. The zero-order valence-corrected chi connectivity index (χ0v) is 15.4. The Morgan fingerprint density at radius 2 is 1.60 bits per heavy atom. The number of hydrogen-bond acceptors (Lipinski definition) is 3. The summed E-state index contributed by atoms with van der Waals surface area (Å²) in [7, 11) is 0. The first-order chi connectivity index (χ1) is 12.0. The summed E-state index contributed by atoms with van der Waals surface area (Å²) in [6.07, 6.45) is 1.77. The van der Waals surface area contributed by atoms with Crippen LogP contribution >= 0.6 is 15.9 Å². The molecule has 5 heteroatoms. The number of halogens is 1. The van der Waals surface area contributed by atoms with Gasteiger partial charge in [0.25, 0.3) is 0 Å². The lowest BCUT2D eigenvalue weighted by Crippen LogP contribution is -2.41. The predicted octanol–water partition coefficient (Wildman–Crippen LogP) is 3.82. The molecule has 1 heterocycles. The highest BCUT2D eigenvalue weighted by molar-refractivity contribution is 9.10. The minimum Gasteiger partial charge on any atom is -0.508 e. The molecular formula is C20H20BrNO3. The van der Waals surface area contributed by atoms with E-state index in [2.05, 4.69) is 15.9 Å². The number of benzene rings is 2. The van der Waals surface area contributed by atoms with Crippen LogP contribution in [0.15, 0.2) is 53.0 Å². The maximum Gasteiger partial charge on any atom is 0.226 e. The molecule has 4 nitrogen and oxygen atoms in total. The SMILES string of the molecule is O=C(c1ccc(O)cc1)C1CCN(C(=O)Cc2ccc(Br)cc2)CC1. The van der Waals surface area contributed by atoms with Crippen molar-refractivity contribution in [3.8, 4) is 5.75 Å². The van der Waals surface area contributed by atoms with Gasteiger partial charge < -0.3 is 10.0 Å². The molecule has 25 heavy (non-hydrogen) atoms. The summed E-state index contributed by atoms with van der Waals surface area (Å²) < 4.78 is 0.997. The standard InChI is InChI=1S/C20H20BrNO3/c21-17-5-1-14(2-6-17)13-19(24)22-11-9-16(10-12-22)20(25)15-3-7-18(23)8-4-15/h1-8,16,23H,9-13H2. The smallest absolute Gasteiger partial charge is 0.226 e. The normalized spacial score (nSPS) is 15.2. The molecule has 2 aromatic carbocycles. The lowest BCUT2D eigenvalue weighted by molar-refractivity contribution is -0.131. The molecule has 2 aromatic rings. The highest BCUT2D eigenvalue weighted by Crippen LogP contribution is 2.23. The first-order valence-electron chi connectivity index (χ1n) is 8.38. The number of ketones is 1. The van der Waals surface area contributed by atoms with Crippen LogP contribution in [-0.2, 0) is 11.2 Å². The minimum absolute atomic E-state index is 0.0544. The van der Waals surface area contributed by atoms with Crippen molar-refractivity contribution in [2.45, 2.75) is 19.3 Å². The van der Waals surface area contributed by atoms with Gasteiger partial charge in [0, 0.05) is 29.0 Å². The molecule has 1 fully saturated rings. The van der Waals surface area contributed by atoms with E-state index < -0.39 is 0 Å². The molecule has 130 valence electrons. The molecule has 3 rings (SSSR count). The van der Waals surface area contributed by atoms with Gasteiger partial charge in [-0.15, -0.1) is 0 Å². The number of nitrogens with zero attached hydrogens (tertiary/aromatic N) is 1. The topological polar surface area (TPSA) is 57.6 Å². The second kappa shape index (κ2) is 7.83. The number of carbonyl (C=O) groups is 2. The number of phenols is 1. The van der Waals surface area contributed by atoms with Gasteiger partial charge in [0.05, 0.1) is 6.42 Å². The zero-order valence-electron chi connectivity index (χ0n) is 13.8. The van der Waals surface area contributed by atoms with Crippen molar-refractivity contribution in [3.05, 3.63) is 64.1 Å². The van der Waals surface area contributed by atoms with Gasteiger partial charge in [0.1, 0.15) is 5.75 Å².